The van der Waals surface area contributed by atoms with Crippen LogP contribution in [0.3, 0.4) is 0 Å². The molecular formula is C19H19NO5. The highest BCUT2D eigenvalue weighted by atomic mass is 16.6. The number of nitriles is 1. The van der Waals surface area contributed by atoms with Crippen LogP contribution in [0.1, 0.15) is 50.8 Å². The first-order valence-corrected chi connectivity index (χ1v) is 8.05. The van der Waals surface area contributed by atoms with Crippen molar-refractivity contribution in [3.05, 3.63) is 41.2 Å². The van der Waals surface area contributed by atoms with Crippen LogP contribution in [0.2, 0.25) is 0 Å². The number of rotatable bonds is 4. The maximum atomic E-state index is 11.5. The second-order valence-corrected chi connectivity index (χ2v) is 6.87. The Morgan fingerprint density at radius 2 is 2.08 bits per heavy atom. The van der Waals surface area contributed by atoms with E-state index in [-0.39, 0.29) is 5.78 Å². The van der Waals surface area contributed by atoms with Crippen molar-refractivity contribution in [3.63, 3.8) is 0 Å². The number of ketones is 1. The molecule has 1 aromatic carbocycles. The Hall–Kier alpha value is -2.81. The van der Waals surface area contributed by atoms with E-state index in [2.05, 4.69) is 6.07 Å². The van der Waals surface area contributed by atoms with Gasteiger partial charge in [0.05, 0.1) is 11.6 Å². The van der Waals surface area contributed by atoms with Crippen LogP contribution in [-0.4, -0.2) is 23.5 Å². The summed E-state index contributed by atoms with van der Waals surface area (Å²) >= 11 is 0. The molecule has 0 amide bonds. The Balaban J connectivity index is 2.13. The molecular weight excluding hydrogens is 322 g/mol. The number of benzene rings is 1. The van der Waals surface area contributed by atoms with Gasteiger partial charge in [-0.1, -0.05) is 0 Å². The van der Waals surface area contributed by atoms with Crippen molar-refractivity contribution in [2.45, 2.75) is 50.9 Å². The lowest BCUT2D eigenvalue weighted by Gasteiger charge is -2.50. The van der Waals surface area contributed by atoms with Crippen molar-refractivity contribution in [1.29, 1.82) is 5.26 Å². The van der Waals surface area contributed by atoms with Gasteiger partial charge in [0.25, 0.3) is 6.47 Å². The topological polar surface area (TPSA) is 85.6 Å². The van der Waals surface area contributed by atoms with Crippen LogP contribution in [0.5, 0.6) is 5.75 Å². The Bertz CT molecular complexity index is 805. The van der Waals surface area contributed by atoms with E-state index in [4.69, 9.17) is 14.2 Å². The van der Waals surface area contributed by atoms with Gasteiger partial charge in [-0.05, 0) is 39.0 Å². The van der Waals surface area contributed by atoms with E-state index in [1.165, 1.54) is 6.08 Å². The molecule has 0 spiro atoms. The summed E-state index contributed by atoms with van der Waals surface area (Å²) in [7, 11) is 0. The summed E-state index contributed by atoms with van der Waals surface area (Å²) in [6.07, 6.45) is 1.67. The molecule has 6 heteroatoms. The van der Waals surface area contributed by atoms with Crippen molar-refractivity contribution in [2.24, 2.45) is 0 Å². The van der Waals surface area contributed by atoms with Crippen LogP contribution >= 0.6 is 0 Å². The molecule has 0 aromatic heterocycles. The van der Waals surface area contributed by atoms with Gasteiger partial charge in [-0.15, -0.1) is 0 Å². The Labute approximate surface area is 146 Å². The first-order valence-electron chi connectivity index (χ1n) is 8.05. The van der Waals surface area contributed by atoms with Gasteiger partial charge in [0.15, 0.2) is 17.5 Å². The lowest BCUT2D eigenvalue weighted by Crippen LogP contribution is -2.60. The van der Waals surface area contributed by atoms with E-state index in [1.54, 1.807) is 25.1 Å². The zero-order valence-electron chi connectivity index (χ0n) is 14.4. The van der Waals surface area contributed by atoms with E-state index in [0.717, 1.165) is 0 Å². The lowest BCUT2D eigenvalue weighted by molar-refractivity contribution is -0.208. The number of hydrogen-bond acceptors (Lipinski definition) is 6. The standard InChI is InChI=1S/C19H19NO5/c1-18(2)19(3,23-11-21)17(24-14-6-5-13(22)9-14)15-8-12(10-20)4-7-16(15)25-18/h4,7-9,11,17H,5-6H2,1-3H3. The van der Waals surface area contributed by atoms with Crippen molar-refractivity contribution in [1.82, 2.24) is 0 Å². The smallest absolute Gasteiger partial charge is 0.293 e. The van der Waals surface area contributed by atoms with Gasteiger partial charge < -0.3 is 14.2 Å². The number of hydrogen-bond donors (Lipinski definition) is 0. The van der Waals surface area contributed by atoms with Crippen LogP contribution in [0.25, 0.3) is 0 Å². The average molecular weight is 341 g/mol. The van der Waals surface area contributed by atoms with Gasteiger partial charge in [-0.3, -0.25) is 9.59 Å². The highest BCUT2D eigenvalue weighted by Crippen LogP contribution is 2.51. The highest BCUT2D eigenvalue weighted by Gasteiger charge is 2.57. The van der Waals surface area contributed by atoms with Gasteiger partial charge in [-0.25, -0.2) is 0 Å². The largest absolute Gasteiger partial charge is 0.485 e. The van der Waals surface area contributed by atoms with Crippen LogP contribution in [0, 0.1) is 11.3 Å². The molecule has 0 saturated heterocycles. The third kappa shape index (κ3) is 2.76. The molecule has 2 aliphatic rings. The van der Waals surface area contributed by atoms with Gasteiger partial charge in [-0.2, -0.15) is 5.26 Å². The van der Waals surface area contributed by atoms with Crippen molar-refractivity contribution in [3.8, 4) is 11.8 Å². The van der Waals surface area contributed by atoms with Crippen LogP contribution in [0.4, 0.5) is 0 Å². The summed E-state index contributed by atoms with van der Waals surface area (Å²) in [6, 6.07) is 7.12. The summed E-state index contributed by atoms with van der Waals surface area (Å²) in [5.74, 6) is 1.11. The number of ether oxygens (including phenoxy) is 3. The summed E-state index contributed by atoms with van der Waals surface area (Å²) < 4.78 is 17.6. The molecule has 3 rings (SSSR count). The van der Waals surface area contributed by atoms with Crippen LogP contribution in [0.15, 0.2) is 30.0 Å². The molecule has 25 heavy (non-hydrogen) atoms. The minimum Gasteiger partial charge on any atom is -0.485 e. The first-order chi connectivity index (χ1) is 11.8. The van der Waals surface area contributed by atoms with E-state index in [0.29, 0.717) is 41.9 Å². The normalized spacial score (nSPS) is 26.7. The maximum absolute atomic E-state index is 11.5. The van der Waals surface area contributed by atoms with E-state index < -0.39 is 17.3 Å². The summed E-state index contributed by atoms with van der Waals surface area (Å²) in [6.45, 7) is 5.71. The molecule has 0 bridgehead atoms. The zero-order valence-corrected chi connectivity index (χ0v) is 14.4. The molecule has 0 fully saturated rings. The van der Waals surface area contributed by atoms with Gasteiger partial charge in [0.1, 0.15) is 17.1 Å². The SMILES string of the molecule is CC1(C)Oc2ccc(C#N)cc2C(OC2=CC(=O)CC2)C1(C)OC=O. The maximum Gasteiger partial charge on any atom is 0.293 e. The molecule has 1 aliphatic heterocycles. The number of fused-ring (bicyclic) bond motifs is 1. The first kappa shape index (κ1) is 17.0. The number of allylic oxidation sites excluding steroid dienone is 2. The van der Waals surface area contributed by atoms with Crippen LogP contribution < -0.4 is 4.74 Å². The number of carbonyl (C=O) groups is 2. The molecule has 0 radical (unpaired) electrons. The monoisotopic (exact) mass is 341 g/mol. The summed E-state index contributed by atoms with van der Waals surface area (Å²) in [5.41, 5.74) is -0.978. The Morgan fingerprint density at radius 1 is 1.32 bits per heavy atom. The highest BCUT2D eigenvalue weighted by molar-refractivity contribution is 5.92. The molecule has 1 aromatic rings. The van der Waals surface area contributed by atoms with E-state index in [9.17, 15) is 14.9 Å². The van der Waals surface area contributed by atoms with Crippen molar-refractivity contribution in [2.75, 3.05) is 0 Å². The van der Waals surface area contributed by atoms with E-state index >= 15 is 0 Å². The Morgan fingerprint density at radius 3 is 2.68 bits per heavy atom. The van der Waals surface area contributed by atoms with Gasteiger partial charge >= 0.3 is 0 Å². The third-order valence-electron chi connectivity index (χ3n) is 4.98. The van der Waals surface area contributed by atoms with Crippen molar-refractivity contribution >= 4 is 12.3 Å². The molecule has 2 unspecified atom stereocenters. The molecule has 1 aliphatic carbocycles. The van der Waals surface area contributed by atoms with Gasteiger partial charge in [0.2, 0.25) is 0 Å². The van der Waals surface area contributed by atoms with Crippen molar-refractivity contribution < 1.29 is 23.8 Å². The molecule has 6 nitrogen and oxygen atoms in total. The minimum absolute atomic E-state index is 0.00493. The number of nitrogens with zero attached hydrogens (tertiary/aromatic N) is 1. The number of carbonyl (C=O) groups excluding carboxylic acids is 2. The van der Waals surface area contributed by atoms with Gasteiger partial charge in [0, 0.05) is 24.5 Å². The Kier molecular flexibility index (Phi) is 4.03. The third-order valence-corrected chi connectivity index (χ3v) is 4.98. The second kappa shape index (κ2) is 5.92. The fourth-order valence-electron chi connectivity index (χ4n) is 3.20. The fourth-order valence-corrected chi connectivity index (χ4v) is 3.20. The van der Waals surface area contributed by atoms with Crippen LogP contribution in [-0.2, 0) is 19.1 Å². The lowest BCUT2D eigenvalue weighted by atomic mass is 9.76. The molecule has 1 heterocycles. The molecule has 130 valence electrons. The second-order valence-electron chi connectivity index (χ2n) is 6.87. The predicted molar refractivity (Wildman–Crippen MR) is 87.6 cm³/mol. The quantitative estimate of drug-likeness (QED) is 0.783. The fraction of sp³-hybridized carbons (Fsp3) is 0.421. The summed E-state index contributed by atoms with van der Waals surface area (Å²) in [4.78, 5) is 22.7. The zero-order chi connectivity index (χ0) is 18.2. The average Bonchev–Trinajstić information content (AvgIpc) is 2.97. The molecule has 0 N–H and O–H groups in total. The molecule has 2 atom stereocenters. The minimum atomic E-state index is -1.15. The van der Waals surface area contributed by atoms with E-state index in [1.807, 2.05) is 13.8 Å². The summed E-state index contributed by atoms with van der Waals surface area (Å²) in [5, 5.41) is 9.21. The predicted octanol–water partition coefficient (Wildman–Crippen LogP) is 2.97. The molecule has 0 saturated carbocycles.